The molecule has 0 bridgehead atoms. The molecule has 0 aliphatic heterocycles. The van der Waals surface area contributed by atoms with Gasteiger partial charge in [0.2, 0.25) is 0 Å². The smallest absolute Gasteiger partial charge is 0.192 e. The number of hydrogen-bond donors (Lipinski definition) is 0. The fraction of sp³-hybridized carbons (Fsp3) is 0.727. The molecule has 2 unspecified atom stereocenters. The highest BCUT2D eigenvalue weighted by molar-refractivity contribution is 14.1. The van der Waals surface area contributed by atoms with Gasteiger partial charge in [-0.2, -0.15) is 5.10 Å². The van der Waals surface area contributed by atoms with Gasteiger partial charge in [0.15, 0.2) is 8.32 Å². The van der Waals surface area contributed by atoms with Gasteiger partial charge >= 0.3 is 0 Å². The first kappa shape index (κ1) is 23.0. The topological polar surface area (TPSA) is 44.9 Å². The fourth-order valence-corrected chi connectivity index (χ4v) is 6.42. The van der Waals surface area contributed by atoms with Crippen molar-refractivity contribution in [1.82, 2.24) is 19.3 Å². The van der Waals surface area contributed by atoms with E-state index in [1.54, 1.807) is 0 Å². The Hall–Kier alpha value is -0.673. The van der Waals surface area contributed by atoms with Crippen molar-refractivity contribution in [2.75, 3.05) is 0 Å². The Morgan fingerprint density at radius 1 is 1.24 bits per heavy atom. The molecule has 3 rings (SSSR count). The Balaban J connectivity index is 1.93. The zero-order valence-electron chi connectivity index (χ0n) is 18.9. The van der Waals surface area contributed by atoms with Crippen LogP contribution in [-0.2, 0) is 11.5 Å². The lowest BCUT2D eigenvalue weighted by Gasteiger charge is -2.43. The van der Waals surface area contributed by atoms with Gasteiger partial charge in [0.25, 0.3) is 0 Å². The molecule has 1 aliphatic rings. The van der Waals surface area contributed by atoms with Crippen LogP contribution in [0.3, 0.4) is 0 Å². The monoisotopic (exact) mass is 528 g/mol. The Morgan fingerprint density at radius 2 is 1.93 bits per heavy atom. The van der Waals surface area contributed by atoms with E-state index in [0.717, 1.165) is 12.1 Å². The molecule has 162 valence electrons. The van der Waals surface area contributed by atoms with Crippen molar-refractivity contribution in [3.8, 4) is 0 Å². The third-order valence-corrected chi connectivity index (χ3v) is 12.2. The molecular weight excluding hydrogens is 491 g/mol. The molecule has 0 N–H and O–H groups in total. The summed E-state index contributed by atoms with van der Waals surface area (Å²) >= 11 is 2.41. The van der Waals surface area contributed by atoms with Crippen LogP contribution in [0.4, 0.5) is 0 Å². The van der Waals surface area contributed by atoms with Gasteiger partial charge in [-0.15, -0.1) is 0 Å². The van der Waals surface area contributed by atoms with Crippen LogP contribution in [0.25, 0.3) is 0 Å². The zero-order valence-corrected chi connectivity index (χ0v) is 22.0. The maximum Gasteiger partial charge on any atom is 0.192 e. The van der Waals surface area contributed by atoms with E-state index in [4.69, 9.17) is 9.52 Å². The summed E-state index contributed by atoms with van der Waals surface area (Å²) in [6.07, 6.45) is 15.8. The average molecular weight is 529 g/mol. The molecule has 2 aromatic rings. The highest BCUT2D eigenvalue weighted by Gasteiger charge is 2.42. The van der Waals surface area contributed by atoms with E-state index >= 15 is 0 Å². The molecule has 0 spiro atoms. The predicted octanol–water partition coefficient (Wildman–Crippen LogP) is 6.17. The minimum Gasteiger partial charge on any atom is -0.414 e. The maximum absolute atomic E-state index is 7.11. The van der Waals surface area contributed by atoms with Gasteiger partial charge in [-0.3, -0.25) is 4.68 Å². The molecule has 5 nitrogen and oxygen atoms in total. The van der Waals surface area contributed by atoms with Gasteiger partial charge in [0.05, 0.1) is 27.7 Å². The largest absolute Gasteiger partial charge is 0.414 e. The van der Waals surface area contributed by atoms with E-state index in [1.165, 1.54) is 35.7 Å². The van der Waals surface area contributed by atoms with Crippen LogP contribution in [-0.4, -0.2) is 33.8 Å². The van der Waals surface area contributed by atoms with Crippen LogP contribution in [0.5, 0.6) is 0 Å². The van der Waals surface area contributed by atoms with Crippen molar-refractivity contribution in [1.29, 1.82) is 0 Å². The molecule has 2 heterocycles. The van der Waals surface area contributed by atoms with Crippen LogP contribution in [0.15, 0.2) is 24.9 Å². The second-order valence-electron chi connectivity index (χ2n) is 10.1. The Morgan fingerprint density at radius 3 is 2.45 bits per heavy atom. The standard InChI is InChI=1S/C22H37IN4OSi/c1-22(2,3)29(5,6)28-20(17-10-8-7-9-11-17)14-19(27-13-12-24-16-27)21-18(23)15-26(4)25-21/h12-13,15-17,19-20H,7-11,14H2,1-6H3. The highest BCUT2D eigenvalue weighted by Crippen LogP contribution is 2.42. The lowest BCUT2D eigenvalue weighted by molar-refractivity contribution is 0.0762. The van der Waals surface area contributed by atoms with Crippen molar-refractivity contribution in [2.45, 2.75) is 89.6 Å². The van der Waals surface area contributed by atoms with Crippen molar-refractivity contribution >= 4 is 30.9 Å². The summed E-state index contributed by atoms with van der Waals surface area (Å²) in [6.45, 7) is 11.8. The quantitative estimate of drug-likeness (QED) is 0.319. The number of aromatic nitrogens is 4. The Kier molecular flexibility index (Phi) is 7.31. The molecule has 0 saturated heterocycles. The van der Waals surface area contributed by atoms with Gasteiger partial charge in [-0.25, -0.2) is 4.98 Å². The second-order valence-corrected chi connectivity index (χ2v) is 16.0. The Bertz CT molecular complexity index is 775. The van der Waals surface area contributed by atoms with E-state index in [2.05, 4.69) is 78.4 Å². The van der Waals surface area contributed by atoms with Gasteiger partial charge in [0, 0.05) is 25.6 Å². The van der Waals surface area contributed by atoms with Crippen molar-refractivity contribution in [2.24, 2.45) is 13.0 Å². The maximum atomic E-state index is 7.11. The van der Waals surface area contributed by atoms with Crippen molar-refractivity contribution < 1.29 is 4.43 Å². The summed E-state index contributed by atoms with van der Waals surface area (Å²) in [5.41, 5.74) is 1.13. The molecule has 1 fully saturated rings. The molecule has 0 amide bonds. The van der Waals surface area contributed by atoms with Crippen LogP contribution in [0, 0.1) is 9.49 Å². The molecular formula is C22H37IN4OSi. The van der Waals surface area contributed by atoms with E-state index in [1.807, 2.05) is 24.3 Å². The number of rotatable bonds is 7. The normalized spacial score (nSPS) is 18.7. The third-order valence-electron chi connectivity index (χ3n) is 6.89. The van der Waals surface area contributed by atoms with Gasteiger partial charge in [-0.1, -0.05) is 40.0 Å². The Labute approximate surface area is 190 Å². The van der Waals surface area contributed by atoms with E-state index < -0.39 is 8.32 Å². The van der Waals surface area contributed by atoms with Crippen LogP contribution >= 0.6 is 22.6 Å². The van der Waals surface area contributed by atoms with E-state index in [9.17, 15) is 0 Å². The molecule has 2 atom stereocenters. The fourth-order valence-electron chi connectivity index (χ4n) is 4.15. The van der Waals surface area contributed by atoms with Gasteiger partial charge < -0.3 is 8.99 Å². The van der Waals surface area contributed by atoms with Crippen molar-refractivity contribution in [3.05, 3.63) is 34.2 Å². The highest BCUT2D eigenvalue weighted by atomic mass is 127. The van der Waals surface area contributed by atoms with Crippen LogP contribution in [0.2, 0.25) is 18.1 Å². The van der Waals surface area contributed by atoms with Crippen molar-refractivity contribution in [3.63, 3.8) is 0 Å². The summed E-state index contributed by atoms with van der Waals surface area (Å²) in [7, 11) is 0.136. The molecule has 1 saturated carbocycles. The van der Waals surface area contributed by atoms with Gasteiger partial charge in [-0.05, 0) is 65.9 Å². The number of nitrogens with zero attached hydrogens (tertiary/aromatic N) is 4. The molecule has 29 heavy (non-hydrogen) atoms. The molecule has 0 radical (unpaired) electrons. The summed E-state index contributed by atoms with van der Waals surface area (Å²) in [6, 6.07) is 0.155. The van der Waals surface area contributed by atoms with E-state index in [-0.39, 0.29) is 17.2 Å². The first-order chi connectivity index (χ1) is 13.6. The van der Waals surface area contributed by atoms with Crippen LogP contribution in [0.1, 0.15) is 71.0 Å². The zero-order chi connectivity index (χ0) is 21.2. The molecule has 2 aromatic heterocycles. The number of halogens is 1. The minimum absolute atomic E-state index is 0.155. The first-order valence-electron chi connectivity index (χ1n) is 10.9. The van der Waals surface area contributed by atoms with Crippen LogP contribution < -0.4 is 0 Å². The predicted molar refractivity (Wildman–Crippen MR) is 130 cm³/mol. The second kappa shape index (κ2) is 9.22. The molecule has 7 heteroatoms. The van der Waals surface area contributed by atoms with E-state index in [0.29, 0.717) is 5.92 Å². The summed E-state index contributed by atoms with van der Waals surface area (Å²) in [4.78, 5) is 4.33. The number of imidazole rings is 1. The molecule has 1 aliphatic carbocycles. The SMILES string of the molecule is Cn1cc(I)c(C(CC(O[Si](C)(C)C(C)(C)C)C2CCCCC2)n2ccnc2)n1. The third kappa shape index (κ3) is 5.52. The summed E-state index contributed by atoms with van der Waals surface area (Å²) < 4.78 is 12.5. The number of hydrogen-bond acceptors (Lipinski definition) is 3. The summed E-state index contributed by atoms with van der Waals surface area (Å²) in [5, 5.41) is 5.04. The lowest BCUT2D eigenvalue weighted by atomic mass is 9.83. The number of aryl methyl sites for hydroxylation is 1. The average Bonchev–Trinajstić information content (AvgIpc) is 3.28. The first-order valence-corrected chi connectivity index (χ1v) is 14.9. The summed E-state index contributed by atoms with van der Waals surface area (Å²) in [5.74, 6) is 0.644. The van der Waals surface area contributed by atoms with Gasteiger partial charge in [0.1, 0.15) is 0 Å². The lowest BCUT2D eigenvalue weighted by Crippen LogP contribution is -2.46. The minimum atomic E-state index is -1.87. The molecule has 0 aromatic carbocycles.